The van der Waals surface area contributed by atoms with E-state index in [1.54, 1.807) is 51.3 Å². The topological polar surface area (TPSA) is 75.7 Å². The molecular formula is C18H22N2O4S. The van der Waals surface area contributed by atoms with Crippen LogP contribution < -0.4 is 10.1 Å². The van der Waals surface area contributed by atoms with E-state index in [1.165, 1.54) is 20.2 Å². The fraction of sp³-hybridized carbons (Fsp3) is 0.278. The van der Waals surface area contributed by atoms with Gasteiger partial charge in [0.2, 0.25) is 10.0 Å². The number of hydrogen-bond acceptors (Lipinski definition) is 4. The van der Waals surface area contributed by atoms with E-state index in [9.17, 15) is 13.2 Å². The third-order valence-corrected chi connectivity index (χ3v) is 5.91. The third-order valence-electron chi connectivity index (χ3n) is 3.97. The van der Waals surface area contributed by atoms with Gasteiger partial charge in [0.1, 0.15) is 5.75 Å². The molecule has 0 aromatic heterocycles. The van der Waals surface area contributed by atoms with Gasteiger partial charge in [-0.2, -0.15) is 0 Å². The second-order valence-corrected chi connectivity index (χ2v) is 8.01. The summed E-state index contributed by atoms with van der Waals surface area (Å²) in [5.74, 6) is 0.236. The molecule has 7 heteroatoms. The van der Waals surface area contributed by atoms with Crippen LogP contribution in [-0.2, 0) is 10.0 Å². The quantitative estimate of drug-likeness (QED) is 0.887. The van der Waals surface area contributed by atoms with Gasteiger partial charge in [-0.3, -0.25) is 4.79 Å². The average Bonchev–Trinajstić information content (AvgIpc) is 2.56. The summed E-state index contributed by atoms with van der Waals surface area (Å²) in [5, 5.41) is 2.76. The summed E-state index contributed by atoms with van der Waals surface area (Å²) in [4.78, 5) is 12.7. The Kier molecular flexibility index (Phi) is 5.49. The Morgan fingerprint density at radius 1 is 1.12 bits per heavy atom. The zero-order valence-corrected chi connectivity index (χ0v) is 15.8. The zero-order valence-electron chi connectivity index (χ0n) is 15.0. The maximum atomic E-state index is 12.6. The number of carbonyl (C=O) groups excluding carboxylic acids is 1. The van der Waals surface area contributed by atoms with Gasteiger partial charge in [-0.15, -0.1) is 0 Å². The average molecular weight is 362 g/mol. The molecule has 2 aromatic rings. The number of anilines is 1. The number of methoxy groups -OCH3 is 1. The number of aryl methyl sites for hydroxylation is 1. The van der Waals surface area contributed by atoms with Crippen LogP contribution in [0.2, 0.25) is 0 Å². The summed E-state index contributed by atoms with van der Waals surface area (Å²) in [6, 6.07) is 10.0. The molecule has 0 bridgehead atoms. The normalized spacial score (nSPS) is 11.4. The molecule has 6 nitrogen and oxygen atoms in total. The molecule has 0 aliphatic rings. The Balaban J connectivity index is 2.42. The molecule has 134 valence electrons. The molecule has 0 saturated heterocycles. The molecule has 0 unspecified atom stereocenters. The first-order chi connectivity index (χ1) is 11.7. The molecule has 0 spiro atoms. The van der Waals surface area contributed by atoms with E-state index in [4.69, 9.17) is 4.74 Å². The Labute approximate surface area is 148 Å². The predicted molar refractivity (Wildman–Crippen MR) is 97.7 cm³/mol. The van der Waals surface area contributed by atoms with Crippen molar-refractivity contribution in [2.45, 2.75) is 18.7 Å². The number of rotatable bonds is 5. The second-order valence-electron chi connectivity index (χ2n) is 5.89. The Morgan fingerprint density at radius 2 is 1.80 bits per heavy atom. The highest BCUT2D eigenvalue weighted by Crippen LogP contribution is 2.24. The fourth-order valence-electron chi connectivity index (χ4n) is 2.33. The van der Waals surface area contributed by atoms with Gasteiger partial charge in [0.15, 0.2) is 0 Å². The largest absolute Gasteiger partial charge is 0.497 e. The Bertz CT molecular complexity index is 905. The molecule has 0 fully saturated rings. The number of benzene rings is 2. The number of amides is 1. The van der Waals surface area contributed by atoms with Crippen molar-refractivity contribution in [2.24, 2.45) is 0 Å². The highest BCUT2D eigenvalue weighted by molar-refractivity contribution is 7.89. The highest BCUT2D eigenvalue weighted by atomic mass is 32.2. The van der Waals surface area contributed by atoms with Crippen LogP contribution in [0.5, 0.6) is 5.75 Å². The van der Waals surface area contributed by atoms with Crippen molar-refractivity contribution in [3.05, 3.63) is 53.1 Å². The van der Waals surface area contributed by atoms with Gasteiger partial charge in [0, 0.05) is 31.4 Å². The lowest BCUT2D eigenvalue weighted by molar-refractivity contribution is 0.102. The van der Waals surface area contributed by atoms with Crippen molar-refractivity contribution < 1.29 is 17.9 Å². The summed E-state index contributed by atoms with van der Waals surface area (Å²) in [7, 11) is 0.839. The monoisotopic (exact) mass is 362 g/mol. The first-order valence-corrected chi connectivity index (χ1v) is 9.10. The van der Waals surface area contributed by atoms with Gasteiger partial charge in [0.05, 0.1) is 12.0 Å². The van der Waals surface area contributed by atoms with Crippen molar-refractivity contribution >= 4 is 21.6 Å². The number of nitrogens with zero attached hydrogens (tertiary/aromatic N) is 1. The van der Waals surface area contributed by atoms with Gasteiger partial charge in [-0.05, 0) is 49.2 Å². The van der Waals surface area contributed by atoms with Gasteiger partial charge in [0.25, 0.3) is 5.91 Å². The molecule has 1 amide bonds. The molecule has 0 saturated carbocycles. The predicted octanol–water partition coefficient (Wildman–Crippen LogP) is 2.81. The van der Waals surface area contributed by atoms with E-state index in [0.717, 1.165) is 9.87 Å². The van der Waals surface area contributed by atoms with Crippen LogP contribution in [0.1, 0.15) is 21.5 Å². The minimum Gasteiger partial charge on any atom is -0.497 e. The minimum atomic E-state index is -3.64. The molecule has 0 atom stereocenters. The number of hydrogen-bond donors (Lipinski definition) is 1. The second kappa shape index (κ2) is 7.25. The van der Waals surface area contributed by atoms with Gasteiger partial charge >= 0.3 is 0 Å². The Morgan fingerprint density at radius 3 is 2.40 bits per heavy atom. The zero-order chi connectivity index (χ0) is 18.8. The molecule has 0 radical (unpaired) electrons. The number of sulfonamides is 1. The lowest BCUT2D eigenvalue weighted by atomic mass is 10.1. The molecule has 2 aromatic carbocycles. The van der Waals surface area contributed by atoms with E-state index in [1.807, 2.05) is 0 Å². The molecule has 0 heterocycles. The van der Waals surface area contributed by atoms with E-state index >= 15 is 0 Å². The number of carbonyl (C=O) groups is 1. The molecule has 25 heavy (non-hydrogen) atoms. The van der Waals surface area contributed by atoms with Crippen LogP contribution in [0, 0.1) is 13.8 Å². The first kappa shape index (κ1) is 19.0. The van der Waals surface area contributed by atoms with Crippen molar-refractivity contribution in [1.29, 1.82) is 0 Å². The van der Waals surface area contributed by atoms with Crippen LogP contribution in [0.3, 0.4) is 0 Å². The van der Waals surface area contributed by atoms with Gasteiger partial charge < -0.3 is 10.1 Å². The minimum absolute atomic E-state index is 0.133. The molecular weight excluding hydrogens is 340 g/mol. The van der Waals surface area contributed by atoms with Crippen LogP contribution in [-0.4, -0.2) is 39.8 Å². The molecule has 0 aliphatic carbocycles. The summed E-state index contributed by atoms with van der Waals surface area (Å²) < 4.78 is 31.3. The molecule has 2 rings (SSSR count). The summed E-state index contributed by atoms with van der Waals surface area (Å²) in [6.07, 6.45) is 0. The van der Waals surface area contributed by atoms with E-state index in [-0.39, 0.29) is 16.4 Å². The third kappa shape index (κ3) is 4.00. The number of nitrogens with one attached hydrogen (secondary N) is 1. The van der Waals surface area contributed by atoms with Gasteiger partial charge in [-0.1, -0.05) is 6.07 Å². The van der Waals surface area contributed by atoms with Crippen molar-refractivity contribution in [2.75, 3.05) is 26.5 Å². The molecule has 1 N–H and O–H groups in total. The Hall–Kier alpha value is -2.38. The van der Waals surface area contributed by atoms with E-state index < -0.39 is 10.0 Å². The summed E-state index contributed by atoms with van der Waals surface area (Å²) in [5.41, 5.74) is 2.22. The van der Waals surface area contributed by atoms with Gasteiger partial charge in [-0.25, -0.2) is 12.7 Å². The lowest BCUT2D eigenvalue weighted by Crippen LogP contribution is -2.24. The van der Waals surface area contributed by atoms with Crippen molar-refractivity contribution in [3.8, 4) is 5.75 Å². The standard InChI is InChI=1S/C18H22N2O4S/c1-12-9-14(10-17(13(12)2)25(22,23)20(3)4)18(21)19-15-7-6-8-16(11-15)24-5/h6-11H,1-5H3,(H,19,21). The van der Waals surface area contributed by atoms with Crippen molar-refractivity contribution in [3.63, 3.8) is 0 Å². The summed E-state index contributed by atoms with van der Waals surface area (Å²) >= 11 is 0. The maximum absolute atomic E-state index is 12.6. The van der Waals surface area contributed by atoms with Crippen LogP contribution in [0.4, 0.5) is 5.69 Å². The molecule has 0 aliphatic heterocycles. The highest BCUT2D eigenvalue weighted by Gasteiger charge is 2.23. The SMILES string of the molecule is COc1cccc(NC(=O)c2cc(C)c(C)c(S(=O)(=O)N(C)C)c2)c1. The maximum Gasteiger partial charge on any atom is 0.255 e. The lowest BCUT2D eigenvalue weighted by Gasteiger charge is -2.16. The first-order valence-electron chi connectivity index (χ1n) is 7.66. The fourth-order valence-corrected chi connectivity index (χ4v) is 3.54. The van der Waals surface area contributed by atoms with Crippen LogP contribution in [0.15, 0.2) is 41.3 Å². The van der Waals surface area contributed by atoms with E-state index in [0.29, 0.717) is 17.0 Å². The van der Waals surface area contributed by atoms with Crippen LogP contribution >= 0.6 is 0 Å². The van der Waals surface area contributed by atoms with Crippen LogP contribution in [0.25, 0.3) is 0 Å². The smallest absolute Gasteiger partial charge is 0.255 e. The number of ether oxygens (including phenoxy) is 1. The van der Waals surface area contributed by atoms with Crippen molar-refractivity contribution in [1.82, 2.24) is 4.31 Å². The summed E-state index contributed by atoms with van der Waals surface area (Å²) in [6.45, 7) is 3.52. The van der Waals surface area contributed by atoms with E-state index in [2.05, 4.69) is 5.32 Å².